The molecule has 1 saturated heterocycles. The topological polar surface area (TPSA) is 121 Å². The minimum atomic E-state index is -0.804. The zero-order valence-corrected chi connectivity index (χ0v) is 19.2. The SMILES string of the molecule is CCCN(C(=O)[C@H]1CC(=O)N(c2ccccc2F)C1)c1c(N)n(Cc2ccccc2)c(=O)[nH]c1=O. The van der Waals surface area contributed by atoms with Gasteiger partial charge in [-0.15, -0.1) is 0 Å². The number of hydrogen-bond donors (Lipinski definition) is 2. The summed E-state index contributed by atoms with van der Waals surface area (Å²) in [5, 5.41) is 0. The van der Waals surface area contributed by atoms with Crippen molar-refractivity contribution < 1.29 is 14.0 Å². The molecular weight excluding hydrogens is 453 g/mol. The second-order valence-corrected chi connectivity index (χ2v) is 8.41. The standard InChI is InChI=1S/C25H26FN5O4/c1-2-12-29(24(34)17-13-20(32)30(15-17)19-11-7-6-10-18(19)26)21-22(27)31(25(35)28-23(21)33)14-16-8-4-3-5-9-16/h3-11,17H,2,12-15,27H2,1H3,(H,28,33,35)/t17-/m0/s1. The normalized spacial score (nSPS) is 15.4. The van der Waals surface area contributed by atoms with Crippen molar-refractivity contribution in [2.75, 3.05) is 28.6 Å². The van der Waals surface area contributed by atoms with Gasteiger partial charge < -0.3 is 15.5 Å². The summed E-state index contributed by atoms with van der Waals surface area (Å²) in [6, 6.07) is 14.9. The van der Waals surface area contributed by atoms with Crippen molar-refractivity contribution in [1.82, 2.24) is 9.55 Å². The highest BCUT2D eigenvalue weighted by Gasteiger charge is 2.39. The number of rotatable bonds is 7. The van der Waals surface area contributed by atoms with Crippen LogP contribution in [-0.4, -0.2) is 34.5 Å². The van der Waals surface area contributed by atoms with Crippen LogP contribution in [0.15, 0.2) is 64.2 Å². The second kappa shape index (κ2) is 9.96. The van der Waals surface area contributed by atoms with Gasteiger partial charge in [0.05, 0.1) is 18.2 Å². The van der Waals surface area contributed by atoms with Crippen LogP contribution in [0.1, 0.15) is 25.3 Å². The van der Waals surface area contributed by atoms with Gasteiger partial charge in [-0.1, -0.05) is 49.4 Å². The lowest BCUT2D eigenvalue weighted by Gasteiger charge is -2.26. The lowest BCUT2D eigenvalue weighted by atomic mass is 10.1. The Labute approximate surface area is 200 Å². The maximum atomic E-state index is 14.3. The van der Waals surface area contributed by atoms with Crippen LogP contribution < -0.4 is 26.8 Å². The number of benzene rings is 2. The lowest BCUT2D eigenvalue weighted by Crippen LogP contribution is -2.44. The zero-order valence-electron chi connectivity index (χ0n) is 19.2. The molecule has 9 nitrogen and oxygen atoms in total. The Hall–Kier alpha value is -4.21. The van der Waals surface area contributed by atoms with E-state index in [2.05, 4.69) is 4.98 Å². The molecule has 2 heterocycles. The van der Waals surface area contributed by atoms with E-state index in [4.69, 9.17) is 5.73 Å². The minimum absolute atomic E-state index is 0.0275. The Balaban J connectivity index is 1.68. The number of para-hydroxylation sites is 1. The van der Waals surface area contributed by atoms with Crippen molar-refractivity contribution in [3.8, 4) is 0 Å². The van der Waals surface area contributed by atoms with Crippen LogP contribution >= 0.6 is 0 Å². The zero-order chi connectivity index (χ0) is 25.1. The van der Waals surface area contributed by atoms with Gasteiger partial charge in [0.1, 0.15) is 11.6 Å². The van der Waals surface area contributed by atoms with E-state index in [9.17, 15) is 23.6 Å². The van der Waals surface area contributed by atoms with Crippen molar-refractivity contribution in [2.45, 2.75) is 26.3 Å². The fourth-order valence-electron chi connectivity index (χ4n) is 4.31. The third kappa shape index (κ3) is 4.72. The van der Waals surface area contributed by atoms with Crippen molar-refractivity contribution >= 4 is 29.0 Å². The first-order valence-corrected chi connectivity index (χ1v) is 11.3. The maximum absolute atomic E-state index is 14.3. The monoisotopic (exact) mass is 479 g/mol. The summed E-state index contributed by atoms with van der Waals surface area (Å²) < 4.78 is 15.5. The molecule has 0 spiro atoms. The van der Waals surface area contributed by atoms with Crippen LogP contribution in [0.25, 0.3) is 0 Å². The van der Waals surface area contributed by atoms with Gasteiger partial charge in [-0.05, 0) is 24.1 Å². The van der Waals surface area contributed by atoms with E-state index in [1.54, 1.807) is 6.07 Å². The van der Waals surface area contributed by atoms with E-state index in [1.807, 2.05) is 37.3 Å². The number of anilines is 3. The first kappa shape index (κ1) is 23.9. The van der Waals surface area contributed by atoms with E-state index in [0.29, 0.717) is 6.42 Å². The molecule has 0 saturated carbocycles. The number of carbonyl (C=O) groups excluding carboxylic acids is 2. The van der Waals surface area contributed by atoms with Gasteiger partial charge in [0.25, 0.3) is 5.56 Å². The van der Waals surface area contributed by atoms with Crippen molar-refractivity contribution in [1.29, 1.82) is 0 Å². The number of H-pyrrole nitrogens is 1. The molecular formula is C25H26FN5O4. The molecule has 10 heteroatoms. The van der Waals surface area contributed by atoms with Crippen LogP contribution in [0.2, 0.25) is 0 Å². The number of amides is 2. The fourth-order valence-corrected chi connectivity index (χ4v) is 4.31. The minimum Gasteiger partial charge on any atom is -0.383 e. The molecule has 1 aliphatic rings. The molecule has 1 aliphatic heterocycles. The van der Waals surface area contributed by atoms with E-state index in [-0.39, 0.29) is 49.2 Å². The van der Waals surface area contributed by atoms with Crippen molar-refractivity contribution in [3.05, 3.63) is 86.8 Å². The summed E-state index contributed by atoms with van der Waals surface area (Å²) >= 11 is 0. The molecule has 1 fully saturated rings. The Kier molecular flexibility index (Phi) is 6.81. The molecule has 0 unspecified atom stereocenters. The van der Waals surface area contributed by atoms with Crippen LogP contribution in [0.4, 0.5) is 21.6 Å². The maximum Gasteiger partial charge on any atom is 0.330 e. The quantitative estimate of drug-likeness (QED) is 0.538. The number of halogens is 1. The first-order chi connectivity index (χ1) is 16.8. The van der Waals surface area contributed by atoms with Crippen LogP contribution in [0, 0.1) is 11.7 Å². The highest BCUT2D eigenvalue weighted by atomic mass is 19.1. The number of nitrogens with zero attached hydrogens (tertiary/aromatic N) is 3. The lowest BCUT2D eigenvalue weighted by molar-refractivity contribution is -0.124. The molecule has 3 aromatic rings. The molecule has 0 aliphatic carbocycles. The van der Waals surface area contributed by atoms with Gasteiger partial charge in [-0.3, -0.25) is 23.9 Å². The third-order valence-corrected chi connectivity index (χ3v) is 6.00. The highest BCUT2D eigenvalue weighted by molar-refractivity contribution is 6.05. The van der Waals surface area contributed by atoms with Crippen molar-refractivity contribution in [3.63, 3.8) is 0 Å². The highest BCUT2D eigenvalue weighted by Crippen LogP contribution is 2.30. The fraction of sp³-hybridized carbons (Fsp3) is 0.280. The Morgan fingerprint density at radius 1 is 1.11 bits per heavy atom. The number of hydrogen-bond acceptors (Lipinski definition) is 5. The Morgan fingerprint density at radius 2 is 1.80 bits per heavy atom. The van der Waals surface area contributed by atoms with E-state index >= 15 is 0 Å². The number of nitrogen functional groups attached to an aromatic ring is 1. The van der Waals surface area contributed by atoms with Gasteiger partial charge in [0, 0.05) is 19.5 Å². The third-order valence-electron chi connectivity index (χ3n) is 6.00. The van der Waals surface area contributed by atoms with Gasteiger partial charge in [0.2, 0.25) is 11.8 Å². The van der Waals surface area contributed by atoms with Gasteiger partial charge in [0.15, 0.2) is 5.69 Å². The Morgan fingerprint density at radius 3 is 2.49 bits per heavy atom. The second-order valence-electron chi connectivity index (χ2n) is 8.41. The van der Waals surface area contributed by atoms with Crippen LogP contribution in [0.5, 0.6) is 0 Å². The molecule has 0 radical (unpaired) electrons. The summed E-state index contributed by atoms with van der Waals surface area (Å²) in [4.78, 5) is 56.3. The first-order valence-electron chi connectivity index (χ1n) is 11.3. The van der Waals surface area contributed by atoms with Gasteiger partial charge >= 0.3 is 5.69 Å². The summed E-state index contributed by atoms with van der Waals surface area (Å²) in [6.45, 7) is 2.06. The molecule has 4 rings (SSSR count). The summed E-state index contributed by atoms with van der Waals surface area (Å²) in [6.07, 6.45) is 0.370. The van der Waals surface area contributed by atoms with E-state index in [1.165, 1.54) is 32.6 Å². The predicted octanol–water partition coefficient (Wildman–Crippen LogP) is 2.10. The number of nitrogens with two attached hydrogens (primary N) is 1. The predicted molar refractivity (Wildman–Crippen MR) is 131 cm³/mol. The average molecular weight is 480 g/mol. The summed E-state index contributed by atoms with van der Waals surface area (Å²) in [5.41, 5.74) is 5.57. The molecule has 0 bridgehead atoms. The van der Waals surface area contributed by atoms with Crippen LogP contribution in [0.3, 0.4) is 0 Å². The summed E-state index contributed by atoms with van der Waals surface area (Å²) in [7, 11) is 0. The molecule has 1 atom stereocenters. The molecule has 2 amide bonds. The molecule has 2 aromatic carbocycles. The molecule has 35 heavy (non-hydrogen) atoms. The Bertz CT molecular complexity index is 1370. The number of nitrogens with one attached hydrogen (secondary N) is 1. The molecule has 1 aromatic heterocycles. The van der Waals surface area contributed by atoms with Crippen molar-refractivity contribution in [2.24, 2.45) is 5.92 Å². The largest absolute Gasteiger partial charge is 0.383 e. The van der Waals surface area contributed by atoms with E-state index in [0.717, 1.165) is 5.56 Å². The number of carbonyl (C=O) groups is 2. The number of aromatic nitrogens is 2. The smallest absolute Gasteiger partial charge is 0.330 e. The van der Waals surface area contributed by atoms with Gasteiger partial charge in [-0.2, -0.15) is 0 Å². The van der Waals surface area contributed by atoms with Gasteiger partial charge in [-0.25, -0.2) is 9.18 Å². The van der Waals surface area contributed by atoms with E-state index < -0.39 is 28.9 Å². The molecule has 182 valence electrons. The summed E-state index contributed by atoms with van der Waals surface area (Å²) in [5.74, 6) is -2.38. The molecule has 3 N–H and O–H groups in total. The number of aromatic amines is 1. The van der Waals surface area contributed by atoms with Crippen LogP contribution in [-0.2, 0) is 16.1 Å². The average Bonchev–Trinajstić information content (AvgIpc) is 3.23.